The van der Waals surface area contributed by atoms with E-state index in [9.17, 15) is 4.79 Å². The number of carbonyl (C=O) groups excluding carboxylic acids is 1. The Balaban J connectivity index is 1.79. The van der Waals surface area contributed by atoms with Crippen LogP contribution in [-0.2, 0) is 11.3 Å². The molecule has 18 heavy (non-hydrogen) atoms. The SMILES string of the molecule is CCNC(C)c1ccn(CC(=O)NCC2CC2)c1. The lowest BCUT2D eigenvalue weighted by Crippen LogP contribution is -2.28. The smallest absolute Gasteiger partial charge is 0.239 e. The first-order chi connectivity index (χ1) is 8.69. The second kappa shape index (κ2) is 6.05. The molecule has 1 aromatic heterocycles. The standard InChI is InChI=1S/C14H23N3O/c1-3-15-11(2)13-6-7-17(9-13)10-14(18)16-8-12-4-5-12/h6-7,9,11-12,15H,3-5,8,10H2,1-2H3,(H,16,18). The van der Waals surface area contributed by atoms with Crippen LogP contribution in [0.3, 0.4) is 0 Å². The van der Waals surface area contributed by atoms with E-state index in [0.717, 1.165) is 19.0 Å². The summed E-state index contributed by atoms with van der Waals surface area (Å²) >= 11 is 0. The lowest BCUT2D eigenvalue weighted by atomic mass is 10.2. The van der Waals surface area contributed by atoms with E-state index >= 15 is 0 Å². The zero-order valence-corrected chi connectivity index (χ0v) is 11.3. The third-order valence-corrected chi connectivity index (χ3v) is 3.39. The van der Waals surface area contributed by atoms with Crippen LogP contribution in [0.4, 0.5) is 0 Å². The minimum atomic E-state index is 0.111. The van der Waals surface area contributed by atoms with Crippen LogP contribution in [0.2, 0.25) is 0 Å². The molecule has 1 unspecified atom stereocenters. The van der Waals surface area contributed by atoms with Gasteiger partial charge in [-0.1, -0.05) is 6.92 Å². The number of amides is 1. The van der Waals surface area contributed by atoms with Gasteiger partial charge in [0.2, 0.25) is 5.91 Å². The molecule has 0 spiro atoms. The molecule has 100 valence electrons. The molecule has 1 aliphatic carbocycles. The van der Waals surface area contributed by atoms with Gasteiger partial charge < -0.3 is 15.2 Å². The molecule has 0 aromatic carbocycles. The predicted octanol–water partition coefficient (Wildman–Crippen LogP) is 1.68. The Labute approximate surface area is 109 Å². The van der Waals surface area contributed by atoms with Crippen molar-refractivity contribution in [1.29, 1.82) is 0 Å². The number of nitrogens with one attached hydrogen (secondary N) is 2. The van der Waals surface area contributed by atoms with Gasteiger partial charge in [0.25, 0.3) is 0 Å². The fourth-order valence-electron chi connectivity index (χ4n) is 2.04. The van der Waals surface area contributed by atoms with Crippen LogP contribution in [0.15, 0.2) is 18.5 Å². The van der Waals surface area contributed by atoms with E-state index in [0.29, 0.717) is 12.6 Å². The van der Waals surface area contributed by atoms with Crippen LogP contribution in [0.25, 0.3) is 0 Å². The second-order valence-electron chi connectivity index (χ2n) is 5.14. The zero-order chi connectivity index (χ0) is 13.0. The molecule has 1 fully saturated rings. The van der Waals surface area contributed by atoms with Crippen LogP contribution in [-0.4, -0.2) is 23.6 Å². The number of hydrogen-bond donors (Lipinski definition) is 2. The lowest BCUT2D eigenvalue weighted by molar-refractivity contribution is -0.121. The maximum atomic E-state index is 11.7. The van der Waals surface area contributed by atoms with Gasteiger partial charge in [-0.3, -0.25) is 4.79 Å². The molecule has 1 saturated carbocycles. The summed E-state index contributed by atoms with van der Waals surface area (Å²) < 4.78 is 1.95. The summed E-state index contributed by atoms with van der Waals surface area (Å²) in [6, 6.07) is 2.41. The first-order valence-electron chi connectivity index (χ1n) is 6.84. The number of aromatic nitrogens is 1. The van der Waals surface area contributed by atoms with Gasteiger partial charge in [-0.15, -0.1) is 0 Å². The number of nitrogens with zero attached hydrogens (tertiary/aromatic N) is 1. The monoisotopic (exact) mass is 249 g/mol. The van der Waals surface area contributed by atoms with Gasteiger partial charge in [0.15, 0.2) is 0 Å². The molecule has 1 aliphatic rings. The Morgan fingerprint density at radius 1 is 1.56 bits per heavy atom. The number of hydrogen-bond acceptors (Lipinski definition) is 2. The van der Waals surface area contributed by atoms with Crippen molar-refractivity contribution in [2.45, 2.75) is 39.3 Å². The Morgan fingerprint density at radius 3 is 3.00 bits per heavy atom. The van der Waals surface area contributed by atoms with Crippen molar-refractivity contribution < 1.29 is 4.79 Å². The highest BCUT2D eigenvalue weighted by molar-refractivity contribution is 5.75. The van der Waals surface area contributed by atoms with Gasteiger partial charge in [0, 0.05) is 25.0 Å². The van der Waals surface area contributed by atoms with Crippen LogP contribution < -0.4 is 10.6 Å². The lowest BCUT2D eigenvalue weighted by Gasteiger charge is -2.10. The Kier molecular flexibility index (Phi) is 4.42. The summed E-state index contributed by atoms with van der Waals surface area (Å²) in [5.74, 6) is 0.850. The highest BCUT2D eigenvalue weighted by atomic mass is 16.1. The van der Waals surface area contributed by atoms with E-state index in [-0.39, 0.29) is 5.91 Å². The minimum Gasteiger partial charge on any atom is -0.354 e. The molecule has 2 N–H and O–H groups in total. The molecule has 2 rings (SSSR count). The second-order valence-corrected chi connectivity index (χ2v) is 5.14. The molecular weight excluding hydrogens is 226 g/mol. The van der Waals surface area contributed by atoms with Gasteiger partial charge in [-0.25, -0.2) is 0 Å². The Hall–Kier alpha value is -1.29. The van der Waals surface area contributed by atoms with E-state index in [1.165, 1.54) is 18.4 Å². The highest BCUT2D eigenvalue weighted by Gasteiger charge is 2.21. The summed E-state index contributed by atoms with van der Waals surface area (Å²) in [6.07, 6.45) is 6.56. The molecule has 1 atom stereocenters. The topological polar surface area (TPSA) is 46.1 Å². The van der Waals surface area contributed by atoms with Gasteiger partial charge in [0.05, 0.1) is 0 Å². The Bertz CT molecular complexity index is 395. The summed E-state index contributed by atoms with van der Waals surface area (Å²) in [7, 11) is 0. The van der Waals surface area contributed by atoms with Crippen molar-refractivity contribution in [2.24, 2.45) is 5.92 Å². The maximum Gasteiger partial charge on any atom is 0.239 e. The molecule has 0 radical (unpaired) electrons. The normalized spacial score (nSPS) is 16.6. The summed E-state index contributed by atoms with van der Waals surface area (Å²) in [6.45, 7) is 6.45. The molecule has 1 heterocycles. The van der Waals surface area contributed by atoms with Gasteiger partial charge >= 0.3 is 0 Å². The summed E-state index contributed by atoms with van der Waals surface area (Å²) in [5.41, 5.74) is 1.23. The fraction of sp³-hybridized carbons (Fsp3) is 0.643. The van der Waals surface area contributed by atoms with E-state index in [2.05, 4.69) is 30.5 Å². The van der Waals surface area contributed by atoms with Crippen molar-refractivity contribution in [3.8, 4) is 0 Å². The first-order valence-corrected chi connectivity index (χ1v) is 6.84. The van der Waals surface area contributed by atoms with Crippen LogP contribution in [0.5, 0.6) is 0 Å². The zero-order valence-electron chi connectivity index (χ0n) is 11.3. The van der Waals surface area contributed by atoms with Crippen molar-refractivity contribution in [2.75, 3.05) is 13.1 Å². The molecule has 0 bridgehead atoms. The molecular formula is C14H23N3O. The molecule has 0 aliphatic heterocycles. The van der Waals surface area contributed by atoms with E-state index < -0.39 is 0 Å². The maximum absolute atomic E-state index is 11.7. The largest absolute Gasteiger partial charge is 0.354 e. The molecule has 0 saturated heterocycles. The van der Waals surface area contributed by atoms with Crippen molar-refractivity contribution in [3.63, 3.8) is 0 Å². The summed E-state index contributed by atoms with van der Waals surface area (Å²) in [4.78, 5) is 11.7. The van der Waals surface area contributed by atoms with Crippen molar-refractivity contribution in [3.05, 3.63) is 24.0 Å². The molecule has 4 nitrogen and oxygen atoms in total. The third kappa shape index (κ3) is 3.88. The number of carbonyl (C=O) groups is 1. The highest BCUT2D eigenvalue weighted by Crippen LogP contribution is 2.27. The average molecular weight is 249 g/mol. The van der Waals surface area contributed by atoms with Crippen molar-refractivity contribution in [1.82, 2.24) is 15.2 Å². The van der Waals surface area contributed by atoms with Crippen LogP contribution in [0, 0.1) is 5.92 Å². The van der Waals surface area contributed by atoms with Crippen molar-refractivity contribution >= 4 is 5.91 Å². The third-order valence-electron chi connectivity index (χ3n) is 3.39. The predicted molar refractivity (Wildman–Crippen MR) is 72.3 cm³/mol. The van der Waals surface area contributed by atoms with Gasteiger partial charge in [-0.05, 0) is 43.9 Å². The number of rotatable bonds is 7. The fourth-order valence-corrected chi connectivity index (χ4v) is 2.04. The van der Waals surface area contributed by atoms with Gasteiger partial charge in [0.1, 0.15) is 6.54 Å². The van der Waals surface area contributed by atoms with Gasteiger partial charge in [-0.2, -0.15) is 0 Å². The van der Waals surface area contributed by atoms with E-state index in [1.54, 1.807) is 0 Å². The first kappa shape index (κ1) is 13.1. The average Bonchev–Trinajstić information content (AvgIpc) is 3.06. The molecule has 1 amide bonds. The minimum absolute atomic E-state index is 0.111. The van der Waals surface area contributed by atoms with Crippen LogP contribution in [0.1, 0.15) is 38.3 Å². The van der Waals surface area contributed by atoms with Crippen LogP contribution >= 0.6 is 0 Å². The Morgan fingerprint density at radius 2 is 2.33 bits per heavy atom. The van der Waals surface area contributed by atoms with E-state index in [1.807, 2.05) is 17.0 Å². The van der Waals surface area contributed by atoms with E-state index in [4.69, 9.17) is 0 Å². The quantitative estimate of drug-likeness (QED) is 0.772. The molecule has 1 aromatic rings. The summed E-state index contributed by atoms with van der Waals surface area (Å²) in [5, 5.41) is 6.34. The molecule has 4 heteroatoms.